The lowest BCUT2D eigenvalue weighted by Crippen LogP contribution is -2.60. The molecule has 0 bridgehead atoms. The van der Waals surface area contributed by atoms with E-state index in [2.05, 4.69) is 13.5 Å². The van der Waals surface area contributed by atoms with Gasteiger partial charge in [-0.2, -0.15) is 0 Å². The van der Waals surface area contributed by atoms with Gasteiger partial charge in [-0.05, 0) is 61.1 Å². The van der Waals surface area contributed by atoms with E-state index in [9.17, 15) is 4.79 Å². The van der Waals surface area contributed by atoms with Crippen molar-refractivity contribution < 1.29 is 9.53 Å². The summed E-state index contributed by atoms with van der Waals surface area (Å²) in [4.78, 5) is 15.5. The average Bonchev–Trinajstić information content (AvgIpc) is 3.52. The Morgan fingerprint density at radius 1 is 1.17 bits per heavy atom. The molecule has 0 aromatic heterocycles. The summed E-state index contributed by atoms with van der Waals surface area (Å²) >= 11 is 12.5. The molecule has 4 rings (SSSR count). The van der Waals surface area contributed by atoms with Crippen LogP contribution in [0.3, 0.4) is 0 Å². The van der Waals surface area contributed by atoms with Crippen molar-refractivity contribution >= 4 is 29.1 Å². The highest BCUT2D eigenvalue weighted by atomic mass is 35.5. The van der Waals surface area contributed by atoms with Gasteiger partial charge < -0.3 is 9.64 Å². The Balaban J connectivity index is 1.86. The molecule has 152 valence electrons. The normalized spacial score (nSPS) is 27.1. The third-order valence-electron chi connectivity index (χ3n) is 6.01. The van der Waals surface area contributed by atoms with Crippen molar-refractivity contribution in [1.29, 1.82) is 0 Å². The predicted octanol–water partition coefficient (Wildman–Crippen LogP) is 6.16. The second-order valence-corrected chi connectivity index (χ2v) is 9.00. The molecule has 3 nitrogen and oxygen atoms in total. The van der Waals surface area contributed by atoms with Crippen molar-refractivity contribution in [2.45, 2.75) is 43.9 Å². The van der Waals surface area contributed by atoms with Gasteiger partial charge in [-0.1, -0.05) is 53.5 Å². The number of amides is 1. The van der Waals surface area contributed by atoms with Gasteiger partial charge in [0.1, 0.15) is 12.2 Å². The molecule has 29 heavy (non-hydrogen) atoms. The Bertz CT molecular complexity index is 909. The molecule has 5 heteroatoms. The molecule has 1 heterocycles. The van der Waals surface area contributed by atoms with Crippen molar-refractivity contribution in [3.63, 3.8) is 0 Å². The van der Waals surface area contributed by atoms with Gasteiger partial charge in [0.25, 0.3) is 5.91 Å². The summed E-state index contributed by atoms with van der Waals surface area (Å²) in [6.45, 7) is 6.63. The number of nitrogens with zero attached hydrogens (tertiary/aromatic N) is 1. The lowest BCUT2D eigenvalue weighted by Gasteiger charge is -2.52. The first kappa shape index (κ1) is 20.5. The van der Waals surface area contributed by atoms with Crippen LogP contribution in [0.15, 0.2) is 61.2 Å². The largest absolute Gasteiger partial charge is 0.357 e. The molecule has 1 amide bonds. The SMILES string of the molecule is C=CC[C@@H]1O[C@@H](c2cccc(Cl)c2)[C@@](C)(c2ccc(Cl)cc2)N(CC2CC2)C1=O. The highest BCUT2D eigenvalue weighted by molar-refractivity contribution is 6.30. The summed E-state index contributed by atoms with van der Waals surface area (Å²) < 4.78 is 6.46. The van der Waals surface area contributed by atoms with Crippen LogP contribution in [0.1, 0.15) is 43.4 Å². The number of morpholine rings is 1. The van der Waals surface area contributed by atoms with Crippen LogP contribution in [0.25, 0.3) is 0 Å². The van der Waals surface area contributed by atoms with Gasteiger partial charge in [0.15, 0.2) is 0 Å². The first-order valence-corrected chi connectivity index (χ1v) is 10.8. The number of ether oxygens (including phenoxy) is 1. The number of carbonyl (C=O) groups is 1. The van der Waals surface area contributed by atoms with Crippen LogP contribution in [-0.4, -0.2) is 23.5 Å². The molecule has 2 aromatic carbocycles. The minimum absolute atomic E-state index is 0.0209. The van der Waals surface area contributed by atoms with E-state index in [1.165, 1.54) is 0 Å². The van der Waals surface area contributed by atoms with Crippen molar-refractivity contribution in [2.75, 3.05) is 6.54 Å². The molecule has 2 fully saturated rings. The summed E-state index contributed by atoms with van der Waals surface area (Å²) in [7, 11) is 0. The second kappa shape index (κ2) is 8.14. The highest BCUT2D eigenvalue weighted by Crippen LogP contribution is 2.49. The second-order valence-electron chi connectivity index (χ2n) is 8.13. The zero-order valence-corrected chi connectivity index (χ0v) is 18.0. The lowest BCUT2D eigenvalue weighted by atomic mass is 9.78. The molecule has 0 radical (unpaired) electrons. The fourth-order valence-electron chi connectivity index (χ4n) is 4.21. The first-order chi connectivity index (χ1) is 13.9. The smallest absolute Gasteiger partial charge is 0.252 e. The number of carbonyl (C=O) groups excluding carboxylic acids is 1. The Labute approximate surface area is 182 Å². The molecule has 1 saturated carbocycles. The number of rotatable bonds is 6. The average molecular weight is 430 g/mol. The van der Waals surface area contributed by atoms with Crippen LogP contribution < -0.4 is 0 Å². The van der Waals surface area contributed by atoms with Gasteiger partial charge in [-0.3, -0.25) is 4.79 Å². The predicted molar refractivity (Wildman–Crippen MR) is 117 cm³/mol. The number of hydrogen-bond acceptors (Lipinski definition) is 2. The Morgan fingerprint density at radius 2 is 1.90 bits per heavy atom. The van der Waals surface area contributed by atoms with Crippen molar-refractivity contribution in [3.8, 4) is 0 Å². The van der Waals surface area contributed by atoms with Gasteiger partial charge >= 0.3 is 0 Å². The fourth-order valence-corrected chi connectivity index (χ4v) is 4.54. The molecule has 0 unspecified atom stereocenters. The van der Waals surface area contributed by atoms with Gasteiger partial charge in [-0.25, -0.2) is 0 Å². The third-order valence-corrected chi connectivity index (χ3v) is 6.50. The first-order valence-electron chi connectivity index (χ1n) is 10.0. The van der Waals surface area contributed by atoms with Crippen molar-refractivity contribution in [1.82, 2.24) is 4.90 Å². The van der Waals surface area contributed by atoms with E-state index in [1.54, 1.807) is 6.08 Å². The van der Waals surface area contributed by atoms with Gasteiger partial charge in [-0.15, -0.1) is 6.58 Å². The maximum absolute atomic E-state index is 13.5. The molecule has 2 aliphatic rings. The fraction of sp³-hybridized carbons (Fsp3) is 0.375. The number of halogens is 2. The minimum Gasteiger partial charge on any atom is -0.357 e. The van der Waals surface area contributed by atoms with Crippen LogP contribution in [0.5, 0.6) is 0 Å². The van der Waals surface area contributed by atoms with E-state index in [1.807, 2.05) is 53.4 Å². The summed E-state index contributed by atoms with van der Waals surface area (Å²) in [6, 6.07) is 15.4. The molecule has 1 saturated heterocycles. The summed E-state index contributed by atoms with van der Waals surface area (Å²) in [5.74, 6) is 0.570. The highest BCUT2D eigenvalue weighted by Gasteiger charge is 2.53. The summed E-state index contributed by atoms with van der Waals surface area (Å²) in [5.41, 5.74) is 1.28. The minimum atomic E-state index is -0.674. The monoisotopic (exact) mass is 429 g/mol. The molecule has 0 N–H and O–H groups in total. The zero-order valence-electron chi connectivity index (χ0n) is 16.5. The van der Waals surface area contributed by atoms with Gasteiger partial charge in [0, 0.05) is 23.0 Å². The van der Waals surface area contributed by atoms with Crippen molar-refractivity contribution in [2.24, 2.45) is 5.92 Å². The molecule has 1 aliphatic carbocycles. The molecule has 2 aromatic rings. The summed E-state index contributed by atoms with van der Waals surface area (Å²) in [5, 5.41) is 1.31. The van der Waals surface area contributed by atoms with Crippen LogP contribution >= 0.6 is 23.2 Å². The van der Waals surface area contributed by atoms with E-state index in [0.29, 0.717) is 22.4 Å². The van der Waals surface area contributed by atoms with Crippen LogP contribution in [-0.2, 0) is 15.1 Å². The Morgan fingerprint density at radius 3 is 2.52 bits per heavy atom. The van der Waals surface area contributed by atoms with Gasteiger partial charge in [0.2, 0.25) is 0 Å². The van der Waals surface area contributed by atoms with Crippen LogP contribution in [0.4, 0.5) is 0 Å². The third kappa shape index (κ3) is 3.96. The number of hydrogen-bond donors (Lipinski definition) is 0. The van der Waals surface area contributed by atoms with E-state index in [4.69, 9.17) is 27.9 Å². The van der Waals surface area contributed by atoms with Crippen molar-refractivity contribution in [3.05, 3.63) is 82.4 Å². The van der Waals surface area contributed by atoms with Crippen LogP contribution in [0.2, 0.25) is 10.0 Å². The Kier molecular flexibility index (Phi) is 5.74. The molecular formula is C24H25Cl2NO2. The molecule has 1 aliphatic heterocycles. The molecule has 0 spiro atoms. The maximum Gasteiger partial charge on any atom is 0.252 e. The van der Waals surface area contributed by atoms with Crippen LogP contribution in [0, 0.1) is 5.92 Å². The van der Waals surface area contributed by atoms with Gasteiger partial charge in [0.05, 0.1) is 5.54 Å². The van der Waals surface area contributed by atoms with E-state index >= 15 is 0 Å². The maximum atomic E-state index is 13.5. The Hall–Kier alpha value is -1.81. The quantitative estimate of drug-likeness (QED) is 0.514. The zero-order chi connectivity index (χ0) is 20.6. The molecular weight excluding hydrogens is 405 g/mol. The van der Waals surface area contributed by atoms with E-state index in [-0.39, 0.29) is 12.0 Å². The van der Waals surface area contributed by atoms with E-state index in [0.717, 1.165) is 30.5 Å². The molecule has 3 atom stereocenters. The lowest BCUT2D eigenvalue weighted by molar-refractivity contribution is -0.192. The topological polar surface area (TPSA) is 29.5 Å². The van der Waals surface area contributed by atoms with E-state index < -0.39 is 11.6 Å². The summed E-state index contributed by atoms with van der Waals surface area (Å²) in [6.07, 6.45) is 3.65. The standard InChI is InChI=1S/C24H25Cl2NO2/c1-3-5-21-23(28)27(15-16-8-9-16)24(2,18-10-12-19(25)13-11-18)22(29-21)17-6-4-7-20(26)14-17/h3-4,6-7,10-14,16,21-22H,1,5,8-9,15H2,2H3/t21-,22-,24+/m0/s1. The number of benzene rings is 2.